The predicted molar refractivity (Wildman–Crippen MR) is 83.3 cm³/mol. The number of aryl methyl sites for hydroxylation is 2. The van der Waals surface area contributed by atoms with Gasteiger partial charge >= 0.3 is 0 Å². The van der Waals surface area contributed by atoms with Gasteiger partial charge in [-0.25, -0.2) is 0 Å². The van der Waals surface area contributed by atoms with E-state index in [0.717, 1.165) is 22.2 Å². The van der Waals surface area contributed by atoms with Gasteiger partial charge in [0.1, 0.15) is 5.69 Å². The zero-order valence-electron chi connectivity index (χ0n) is 12.1. The van der Waals surface area contributed by atoms with Crippen molar-refractivity contribution in [2.24, 2.45) is 5.73 Å². The Hall–Kier alpha value is -2.62. The minimum atomic E-state index is -0.417. The standard InChI is InChI=1S/C17H17N3O/c1-11-7-12(2)16-13(8-11)9-15(17(18)21)20(16)10-14-5-3-4-6-19-14/h3-9H,10H2,1-2H3,(H2,18,21). The fourth-order valence-electron chi connectivity index (χ4n) is 2.84. The van der Waals surface area contributed by atoms with Crippen LogP contribution in [0.15, 0.2) is 42.6 Å². The van der Waals surface area contributed by atoms with Gasteiger partial charge < -0.3 is 10.3 Å². The average Bonchev–Trinajstić information content (AvgIpc) is 2.79. The minimum absolute atomic E-state index is 0.417. The molecule has 21 heavy (non-hydrogen) atoms. The van der Waals surface area contributed by atoms with E-state index in [9.17, 15) is 4.79 Å². The van der Waals surface area contributed by atoms with Crippen molar-refractivity contribution < 1.29 is 4.79 Å². The largest absolute Gasteiger partial charge is 0.364 e. The summed E-state index contributed by atoms with van der Waals surface area (Å²) in [5.74, 6) is -0.417. The number of carbonyl (C=O) groups excluding carboxylic acids is 1. The van der Waals surface area contributed by atoms with Crippen LogP contribution in [0.25, 0.3) is 10.9 Å². The number of pyridine rings is 1. The van der Waals surface area contributed by atoms with Gasteiger partial charge in [-0.3, -0.25) is 9.78 Å². The SMILES string of the molecule is Cc1cc(C)c2c(c1)cc(C(N)=O)n2Cc1ccccn1. The van der Waals surface area contributed by atoms with Crippen LogP contribution in [0.2, 0.25) is 0 Å². The Bertz CT molecular complexity index is 819. The van der Waals surface area contributed by atoms with Gasteiger partial charge in [0.05, 0.1) is 17.8 Å². The van der Waals surface area contributed by atoms with Crippen LogP contribution < -0.4 is 5.73 Å². The molecule has 1 amide bonds. The van der Waals surface area contributed by atoms with E-state index in [1.807, 2.05) is 35.8 Å². The maximum absolute atomic E-state index is 11.8. The number of benzene rings is 1. The van der Waals surface area contributed by atoms with Gasteiger partial charge in [-0.1, -0.05) is 17.7 Å². The number of nitrogens with two attached hydrogens (primary N) is 1. The summed E-state index contributed by atoms with van der Waals surface area (Å²) >= 11 is 0. The van der Waals surface area contributed by atoms with Crippen LogP contribution >= 0.6 is 0 Å². The fourth-order valence-corrected chi connectivity index (χ4v) is 2.84. The van der Waals surface area contributed by atoms with Crippen molar-refractivity contribution in [2.45, 2.75) is 20.4 Å². The van der Waals surface area contributed by atoms with E-state index in [1.54, 1.807) is 6.20 Å². The molecule has 0 atom stereocenters. The molecule has 0 bridgehead atoms. The highest BCUT2D eigenvalue weighted by Crippen LogP contribution is 2.25. The molecule has 0 aliphatic heterocycles. The molecule has 3 rings (SSSR count). The van der Waals surface area contributed by atoms with Crippen molar-refractivity contribution >= 4 is 16.8 Å². The van der Waals surface area contributed by atoms with Gasteiger partial charge in [0.25, 0.3) is 5.91 Å². The Kier molecular flexibility index (Phi) is 3.22. The first-order valence-corrected chi connectivity index (χ1v) is 6.86. The highest BCUT2D eigenvalue weighted by molar-refractivity contribution is 5.98. The fraction of sp³-hybridized carbons (Fsp3) is 0.176. The van der Waals surface area contributed by atoms with E-state index < -0.39 is 5.91 Å². The van der Waals surface area contributed by atoms with Crippen molar-refractivity contribution in [3.05, 3.63) is 65.1 Å². The van der Waals surface area contributed by atoms with Gasteiger partial charge in [-0.05, 0) is 43.7 Å². The number of rotatable bonds is 3. The molecule has 0 fully saturated rings. The van der Waals surface area contributed by atoms with Crippen LogP contribution in [0.3, 0.4) is 0 Å². The monoisotopic (exact) mass is 279 g/mol. The Labute approximate surface area is 123 Å². The zero-order valence-corrected chi connectivity index (χ0v) is 12.1. The van der Waals surface area contributed by atoms with Crippen LogP contribution in [0, 0.1) is 13.8 Å². The Morgan fingerprint density at radius 1 is 1.24 bits per heavy atom. The number of hydrogen-bond donors (Lipinski definition) is 1. The maximum atomic E-state index is 11.8. The average molecular weight is 279 g/mol. The lowest BCUT2D eigenvalue weighted by atomic mass is 10.1. The third-order valence-electron chi connectivity index (χ3n) is 3.63. The van der Waals surface area contributed by atoms with E-state index in [2.05, 4.69) is 24.0 Å². The molecular weight excluding hydrogens is 262 g/mol. The lowest BCUT2D eigenvalue weighted by Crippen LogP contribution is -2.17. The van der Waals surface area contributed by atoms with Crippen LogP contribution in [-0.2, 0) is 6.54 Å². The Morgan fingerprint density at radius 3 is 2.71 bits per heavy atom. The quantitative estimate of drug-likeness (QED) is 0.801. The van der Waals surface area contributed by atoms with Gasteiger partial charge in [0.2, 0.25) is 0 Å². The molecule has 0 aliphatic carbocycles. The summed E-state index contributed by atoms with van der Waals surface area (Å²) in [6, 6.07) is 11.8. The summed E-state index contributed by atoms with van der Waals surface area (Å²) in [6.07, 6.45) is 1.75. The summed E-state index contributed by atoms with van der Waals surface area (Å²) < 4.78 is 1.95. The van der Waals surface area contributed by atoms with Crippen LogP contribution in [0.5, 0.6) is 0 Å². The second-order valence-electron chi connectivity index (χ2n) is 5.32. The number of carbonyl (C=O) groups is 1. The third kappa shape index (κ3) is 2.40. The van der Waals surface area contributed by atoms with E-state index in [4.69, 9.17) is 5.73 Å². The van der Waals surface area contributed by atoms with Gasteiger partial charge in [-0.15, -0.1) is 0 Å². The molecule has 0 spiro atoms. The van der Waals surface area contributed by atoms with Gasteiger partial charge in [0.15, 0.2) is 0 Å². The van der Waals surface area contributed by atoms with Crippen LogP contribution in [0.1, 0.15) is 27.3 Å². The molecule has 0 saturated heterocycles. The molecule has 2 aromatic heterocycles. The van der Waals surface area contributed by atoms with Gasteiger partial charge in [0, 0.05) is 11.6 Å². The first kappa shape index (κ1) is 13.4. The number of fused-ring (bicyclic) bond motifs is 1. The molecule has 4 nitrogen and oxygen atoms in total. The van der Waals surface area contributed by atoms with Crippen molar-refractivity contribution in [3.63, 3.8) is 0 Å². The summed E-state index contributed by atoms with van der Waals surface area (Å²) in [5, 5.41) is 1.04. The van der Waals surface area contributed by atoms with Crippen molar-refractivity contribution in [1.82, 2.24) is 9.55 Å². The molecular formula is C17H17N3O. The summed E-state index contributed by atoms with van der Waals surface area (Å²) in [7, 11) is 0. The molecule has 3 aromatic rings. The van der Waals surface area contributed by atoms with Crippen molar-refractivity contribution in [1.29, 1.82) is 0 Å². The highest BCUT2D eigenvalue weighted by atomic mass is 16.1. The molecule has 2 heterocycles. The molecule has 0 unspecified atom stereocenters. The lowest BCUT2D eigenvalue weighted by Gasteiger charge is -2.10. The third-order valence-corrected chi connectivity index (χ3v) is 3.63. The number of aromatic nitrogens is 2. The summed E-state index contributed by atoms with van der Waals surface area (Å²) in [4.78, 5) is 16.1. The normalized spacial score (nSPS) is 11.0. The number of primary amides is 1. The minimum Gasteiger partial charge on any atom is -0.364 e. The lowest BCUT2D eigenvalue weighted by molar-refractivity contribution is 0.0992. The maximum Gasteiger partial charge on any atom is 0.265 e. The number of hydrogen-bond acceptors (Lipinski definition) is 2. The van der Waals surface area contributed by atoms with E-state index >= 15 is 0 Å². The van der Waals surface area contributed by atoms with Crippen molar-refractivity contribution in [2.75, 3.05) is 0 Å². The van der Waals surface area contributed by atoms with E-state index in [0.29, 0.717) is 12.2 Å². The second-order valence-corrected chi connectivity index (χ2v) is 5.32. The first-order valence-electron chi connectivity index (χ1n) is 6.86. The first-order chi connectivity index (χ1) is 10.1. The van der Waals surface area contributed by atoms with Crippen LogP contribution in [0.4, 0.5) is 0 Å². The molecule has 1 aromatic carbocycles. The molecule has 4 heteroatoms. The Morgan fingerprint density at radius 2 is 2.05 bits per heavy atom. The molecule has 106 valence electrons. The number of nitrogens with zero attached hydrogens (tertiary/aromatic N) is 2. The smallest absolute Gasteiger partial charge is 0.265 e. The summed E-state index contributed by atoms with van der Waals surface area (Å²) in [5.41, 5.74) is 10.3. The molecule has 0 radical (unpaired) electrons. The van der Waals surface area contributed by atoms with E-state index in [-0.39, 0.29) is 0 Å². The highest BCUT2D eigenvalue weighted by Gasteiger charge is 2.15. The Balaban J connectivity index is 2.23. The second kappa shape index (κ2) is 5.05. The van der Waals surface area contributed by atoms with E-state index in [1.165, 1.54) is 5.56 Å². The predicted octanol–water partition coefficient (Wildman–Crippen LogP) is 2.80. The molecule has 2 N–H and O–H groups in total. The number of amides is 1. The van der Waals surface area contributed by atoms with Gasteiger partial charge in [-0.2, -0.15) is 0 Å². The van der Waals surface area contributed by atoms with Crippen molar-refractivity contribution in [3.8, 4) is 0 Å². The summed E-state index contributed by atoms with van der Waals surface area (Å²) in [6.45, 7) is 4.63. The van der Waals surface area contributed by atoms with Crippen LogP contribution in [-0.4, -0.2) is 15.5 Å². The molecule has 0 saturated carbocycles. The zero-order chi connectivity index (χ0) is 15.0. The molecule has 0 aliphatic rings. The topological polar surface area (TPSA) is 60.9 Å².